The minimum Gasteiger partial charge on any atom is -0.462 e. The van der Waals surface area contributed by atoms with Gasteiger partial charge in [0.1, 0.15) is 0 Å². The predicted octanol–water partition coefficient (Wildman–Crippen LogP) is 4.14. The van der Waals surface area contributed by atoms with Crippen LogP contribution < -0.4 is 5.32 Å². The summed E-state index contributed by atoms with van der Waals surface area (Å²) < 4.78 is 12.0. The van der Waals surface area contributed by atoms with Crippen molar-refractivity contribution < 1.29 is 23.9 Å². The van der Waals surface area contributed by atoms with Crippen LogP contribution in [0.25, 0.3) is 11.0 Å². The van der Waals surface area contributed by atoms with Crippen LogP contribution in [0.5, 0.6) is 0 Å². The standard InChI is InChI=1S/C23H25N3O5S/c1-4-26-19-12-9-16(22(29)31-6-3)13-18(19)25-23(26)32-14-20(27)24-17-10-7-15(8-11-17)21(28)30-5-2/h7-13H,4-6,14H2,1-3H3,(H,24,27). The number of amides is 1. The summed E-state index contributed by atoms with van der Waals surface area (Å²) >= 11 is 1.31. The van der Waals surface area contributed by atoms with Crippen LogP contribution in [0.3, 0.4) is 0 Å². The van der Waals surface area contributed by atoms with Gasteiger partial charge in [-0.3, -0.25) is 4.79 Å². The Morgan fingerprint density at radius 3 is 2.19 bits per heavy atom. The van der Waals surface area contributed by atoms with Crippen LogP contribution >= 0.6 is 11.8 Å². The Balaban J connectivity index is 1.66. The minimum absolute atomic E-state index is 0.160. The molecule has 0 fully saturated rings. The third-order valence-corrected chi connectivity index (χ3v) is 5.53. The molecule has 0 saturated carbocycles. The Labute approximate surface area is 190 Å². The molecule has 8 nitrogen and oxygen atoms in total. The Hall–Kier alpha value is -3.33. The van der Waals surface area contributed by atoms with Crippen molar-refractivity contribution in [3.63, 3.8) is 0 Å². The van der Waals surface area contributed by atoms with Crippen molar-refractivity contribution in [2.45, 2.75) is 32.5 Å². The maximum Gasteiger partial charge on any atom is 0.338 e. The number of ether oxygens (including phenoxy) is 2. The zero-order chi connectivity index (χ0) is 23.1. The Kier molecular flexibility index (Phi) is 7.88. The van der Waals surface area contributed by atoms with Gasteiger partial charge in [-0.05, 0) is 63.2 Å². The number of nitrogens with zero attached hydrogens (tertiary/aromatic N) is 2. The van der Waals surface area contributed by atoms with Gasteiger partial charge in [-0.15, -0.1) is 0 Å². The number of hydrogen-bond acceptors (Lipinski definition) is 7. The average Bonchev–Trinajstić information content (AvgIpc) is 3.15. The zero-order valence-corrected chi connectivity index (χ0v) is 19.0. The fourth-order valence-electron chi connectivity index (χ4n) is 3.10. The number of aryl methyl sites for hydroxylation is 1. The molecule has 0 spiro atoms. The summed E-state index contributed by atoms with van der Waals surface area (Å²) in [6.45, 7) is 6.79. The molecular weight excluding hydrogens is 430 g/mol. The first kappa shape index (κ1) is 23.3. The highest BCUT2D eigenvalue weighted by Crippen LogP contribution is 2.25. The van der Waals surface area contributed by atoms with Crippen molar-refractivity contribution in [3.05, 3.63) is 53.6 Å². The third-order valence-electron chi connectivity index (χ3n) is 4.55. The van der Waals surface area contributed by atoms with Gasteiger partial charge in [-0.2, -0.15) is 0 Å². The maximum atomic E-state index is 12.4. The molecule has 1 aromatic heterocycles. The lowest BCUT2D eigenvalue weighted by Gasteiger charge is -2.08. The van der Waals surface area contributed by atoms with E-state index < -0.39 is 5.97 Å². The van der Waals surface area contributed by atoms with Crippen LogP contribution in [-0.4, -0.2) is 46.4 Å². The van der Waals surface area contributed by atoms with Gasteiger partial charge in [-0.1, -0.05) is 11.8 Å². The number of imidazole rings is 1. The molecule has 1 heterocycles. The molecule has 1 N–H and O–H groups in total. The lowest BCUT2D eigenvalue weighted by Crippen LogP contribution is -2.14. The van der Waals surface area contributed by atoms with E-state index in [-0.39, 0.29) is 17.6 Å². The molecule has 2 aromatic carbocycles. The van der Waals surface area contributed by atoms with Gasteiger partial charge in [-0.25, -0.2) is 14.6 Å². The lowest BCUT2D eigenvalue weighted by molar-refractivity contribution is -0.113. The van der Waals surface area contributed by atoms with Crippen LogP contribution in [0.2, 0.25) is 0 Å². The molecule has 9 heteroatoms. The summed E-state index contributed by atoms with van der Waals surface area (Å²) in [5.41, 5.74) is 3.03. The smallest absolute Gasteiger partial charge is 0.338 e. The molecule has 0 unspecified atom stereocenters. The third kappa shape index (κ3) is 5.47. The first-order valence-electron chi connectivity index (χ1n) is 10.3. The molecule has 32 heavy (non-hydrogen) atoms. The van der Waals surface area contributed by atoms with E-state index in [4.69, 9.17) is 9.47 Å². The molecule has 0 aliphatic carbocycles. The number of benzene rings is 2. The number of aromatic nitrogens is 2. The fourth-order valence-corrected chi connectivity index (χ4v) is 3.97. The summed E-state index contributed by atoms with van der Waals surface area (Å²) in [5, 5.41) is 3.50. The Bertz CT molecular complexity index is 1120. The van der Waals surface area contributed by atoms with Gasteiger partial charge in [0.2, 0.25) is 5.91 Å². The topological polar surface area (TPSA) is 99.5 Å². The molecule has 3 aromatic rings. The Morgan fingerprint density at radius 1 is 0.938 bits per heavy atom. The van der Waals surface area contributed by atoms with Crippen molar-refractivity contribution in [1.29, 1.82) is 0 Å². The molecule has 0 bridgehead atoms. The molecular formula is C23H25N3O5S. The van der Waals surface area contributed by atoms with E-state index in [1.165, 1.54) is 11.8 Å². The van der Waals surface area contributed by atoms with E-state index in [0.29, 0.717) is 47.2 Å². The highest BCUT2D eigenvalue weighted by atomic mass is 32.2. The maximum absolute atomic E-state index is 12.4. The van der Waals surface area contributed by atoms with E-state index >= 15 is 0 Å². The van der Waals surface area contributed by atoms with Gasteiger partial charge in [0, 0.05) is 12.2 Å². The number of rotatable bonds is 9. The number of carbonyl (C=O) groups is 3. The zero-order valence-electron chi connectivity index (χ0n) is 18.2. The van der Waals surface area contributed by atoms with Gasteiger partial charge in [0.15, 0.2) is 5.16 Å². The van der Waals surface area contributed by atoms with Crippen LogP contribution in [0.4, 0.5) is 5.69 Å². The quantitative estimate of drug-likeness (QED) is 0.382. The van der Waals surface area contributed by atoms with E-state index in [1.54, 1.807) is 50.2 Å². The summed E-state index contributed by atoms with van der Waals surface area (Å²) in [7, 11) is 0. The minimum atomic E-state index is -0.398. The largest absolute Gasteiger partial charge is 0.462 e. The van der Waals surface area contributed by atoms with Gasteiger partial charge in [0.25, 0.3) is 0 Å². The number of thioether (sulfide) groups is 1. The molecule has 0 aliphatic heterocycles. The molecule has 0 aliphatic rings. The van der Waals surface area contributed by atoms with Crippen LogP contribution in [-0.2, 0) is 20.8 Å². The second kappa shape index (κ2) is 10.8. The summed E-state index contributed by atoms with van der Waals surface area (Å²) in [4.78, 5) is 40.7. The number of carbonyl (C=O) groups excluding carboxylic acids is 3. The number of anilines is 1. The van der Waals surface area contributed by atoms with E-state index in [2.05, 4.69) is 10.3 Å². The van der Waals surface area contributed by atoms with E-state index in [9.17, 15) is 14.4 Å². The second-order valence-electron chi connectivity index (χ2n) is 6.70. The van der Waals surface area contributed by atoms with Crippen LogP contribution in [0, 0.1) is 0 Å². The van der Waals surface area contributed by atoms with Gasteiger partial charge in [0.05, 0.1) is 41.1 Å². The molecule has 3 rings (SSSR count). The summed E-state index contributed by atoms with van der Waals surface area (Å²) in [6.07, 6.45) is 0. The van der Waals surface area contributed by atoms with Crippen LogP contribution in [0.1, 0.15) is 41.5 Å². The van der Waals surface area contributed by atoms with Gasteiger partial charge < -0.3 is 19.4 Å². The predicted molar refractivity (Wildman–Crippen MR) is 123 cm³/mol. The number of fused-ring (bicyclic) bond motifs is 1. The van der Waals surface area contributed by atoms with Crippen molar-refractivity contribution >= 4 is 46.3 Å². The fraction of sp³-hybridized carbons (Fsp3) is 0.304. The summed E-state index contributed by atoms with van der Waals surface area (Å²) in [6, 6.07) is 11.8. The Morgan fingerprint density at radius 2 is 1.56 bits per heavy atom. The lowest BCUT2D eigenvalue weighted by atomic mass is 10.2. The first-order valence-corrected chi connectivity index (χ1v) is 11.3. The molecule has 0 saturated heterocycles. The normalized spacial score (nSPS) is 10.7. The highest BCUT2D eigenvalue weighted by molar-refractivity contribution is 7.99. The van der Waals surface area contributed by atoms with E-state index in [1.807, 2.05) is 17.6 Å². The SMILES string of the molecule is CCOC(=O)c1ccc(NC(=O)CSc2nc3cc(C(=O)OCC)ccc3n2CC)cc1. The molecule has 168 valence electrons. The van der Waals surface area contributed by atoms with Crippen molar-refractivity contribution in [1.82, 2.24) is 9.55 Å². The average molecular weight is 456 g/mol. The summed E-state index contributed by atoms with van der Waals surface area (Å²) in [5.74, 6) is -0.817. The van der Waals surface area contributed by atoms with Crippen molar-refractivity contribution in [2.75, 3.05) is 24.3 Å². The number of hydrogen-bond donors (Lipinski definition) is 1. The number of esters is 2. The molecule has 0 radical (unpaired) electrons. The van der Waals surface area contributed by atoms with Gasteiger partial charge >= 0.3 is 11.9 Å². The highest BCUT2D eigenvalue weighted by Gasteiger charge is 2.15. The van der Waals surface area contributed by atoms with Crippen molar-refractivity contribution in [3.8, 4) is 0 Å². The second-order valence-corrected chi connectivity index (χ2v) is 7.64. The molecule has 0 atom stereocenters. The van der Waals surface area contributed by atoms with Crippen molar-refractivity contribution in [2.24, 2.45) is 0 Å². The van der Waals surface area contributed by atoms with E-state index in [0.717, 1.165) is 5.52 Å². The van der Waals surface area contributed by atoms with Crippen LogP contribution in [0.15, 0.2) is 47.6 Å². The molecule has 1 amide bonds. The monoisotopic (exact) mass is 455 g/mol. The first-order chi connectivity index (χ1) is 15.5. The number of nitrogens with one attached hydrogen (secondary N) is 1.